The van der Waals surface area contributed by atoms with E-state index < -0.39 is 5.97 Å². The quantitative estimate of drug-likeness (QED) is 0.463. The number of hydrogen-bond acceptors (Lipinski definition) is 7. The minimum absolute atomic E-state index is 0.198. The van der Waals surface area contributed by atoms with Crippen LogP contribution >= 0.6 is 24.0 Å². The van der Waals surface area contributed by atoms with Gasteiger partial charge in [0.25, 0.3) is 5.91 Å². The summed E-state index contributed by atoms with van der Waals surface area (Å²) in [5.74, 6) is 0.463. The molecular weight excluding hydrogens is 362 g/mol. The van der Waals surface area contributed by atoms with Gasteiger partial charge >= 0.3 is 5.97 Å². The summed E-state index contributed by atoms with van der Waals surface area (Å²) < 4.78 is 15.7. The molecule has 0 aliphatic carbocycles. The lowest BCUT2D eigenvalue weighted by Gasteiger charge is -2.10. The van der Waals surface area contributed by atoms with Crippen molar-refractivity contribution >= 4 is 46.3 Å². The first kappa shape index (κ1) is 19.0. The number of nitrogens with one attached hydrogen (secondary N) is 1. The summed E-state index contributed by atoms with van der Waals surface area (Å²) in [7, 11) is 2.86. The number of carbonyl (C=O) groups is 2. The van der Waals surface area contributed by atoms with Crippen molar-refractivity contribution < 1.29 is 23.8 Å². The lowest BCUT2D eigenvalue weighted by molar-refractivity contribution is -0.142. The first-order chi connectivity index (χ1) is 11.9. The zero-order valence-corrected chi connectivity index (χ0v) is 15.6. The van der Waals surface area contributed by atoms with Crippen molar-refractivity contribution in [1.29, 1.82) is 0 Å². The van der Waals surface area contributed by atoms with E-state index in [-0.39, 0.29) is 12.5 Å². The van der Waals surface area contributed by atoms with Crippen LogP contribution in [0.4, 0.5) is 0 Å². The van der Waals surface area contributed by atoms with Gasteiger partial charge in [0.2, 0.25) is 0 Å². The molecule has 1 saturated heterocycles. The predicted molar refractivity (Wildman–Crippen MR) is 101 cm³/mol. The summed E-state index contributed by atoms with van der Waals surface area (Å²) >= 11 is 6.21. The normalized spacial score (nSPS) is 16.0. The van der Waals surface area contributed by atoms with E-state index in [4.69, 9.17) is 21.7 Å². The SMILES string of the molecule is COC(=O)COc1ccc(OC)cc1/C=C/C(C)=C1/SC(=S)NC1=O. The molecule has 0 bridgehead atoms. The van der Waals surface area contributed by atoms with Crippen LogP contribution in [0.25, 0.3) is 6.08 Å². The molecule has 1 heterocycles. The van der Waals surface area contributed by atoms with Gasteiger partial charge in [-0.05, 0) is 30.7 Å². The second-order valence-electron chi connectivity index (χ2n) is 4.96. The molecule has 1 N–H and O–H groups in total. The van der Waals surface area contributed by atoms with E-state index >= 15 is 0 Å². The number of methoxy groups -OCH3 is 2. The highest BCUT2D eigenvalue weighted by molar-refractivity contribution is 8.26. The number of allylic oxidation sites excluding steroid dienone is 2. The number of carbonyl (C=O) groups excluding carboxylic acids is 2. The first-order valence-corrected chi connectivity index (χ1v) is 8.47. The van der Waals surface area contributed by atoms with Gasteiger partial charge in [-0.15, -0.1) is 0 Å². The molecule has 6 nitrogen and oxygen atoms in total. The molecule has 8 heteroatoms. The zero-order chi connectivity index (χ0) is 18.4. The molecule has 132 valence electrons. The van der Waals surface area contributed by atoms with Crippen molar-refractivity contribution in [2.24, 2.45) is 0 Å². The lowest BCUT2D eigenvalue weighted by Crippen LogP contribution is -2.18. The van der Waals surface area contributed by atoms with E-state index in [1.165, 1.54) is 18.9 Å². The molecule has 2 rings (SSSR count). The molecule has 1 aromatic carbocycles. The van der Waals surface area contributed by atoms with E-state index in [9.17, 15) is 9.59 Å². The predicted octanol–water partition coefficient (Wildman–Crippen LogP) is 2.68. The van der Waals surface area contributed by atoms with Crippen LogP contribution in [0, 0.1) is 0 Å². The van der Waals surface area contributed by atoms with Crippen LogP contribution in [-0.2, 0) is 14.3 Å². The number of thiocarbonyl (C=S) groups is 1. The van der Waals surface area contributed by atoms with Gasteiger partial charge in [-0.2, -0.15) is 0 Å². The molecule has 0 spiro atoms. The van der Waals surface area contributed by atoms with Gasteiger partial charge in [-0.3, -0.25) is 4.79 Å². The molecular formula is C17H17NO5S2. The van der Waals surface area contributed by atoms with Crippen molar-refractivity contribution in [2.45, 2.75) is 6.92 Å². The van der Waals surface area contributed by atoms with Crippen LogP contribution in [0.3, 0.4) is 0 Å². The highest BCUT2D eigenvalue weighted by Crippen LogP contribution is 2.29. The van der Waals surface area contributed by atoms with E-state index in [0.717, 1.165) is 5.57 Å². The van der Waals surface area contributed by atoms with E-state index in [1.54, 1.807) is 37.5 Å². The summed E-state index contributed by atoms with van der Waals surface area (Å²) in [5.41, 5.74) is 1.47. The molecule has 1 fully saturated rings. The Hall–Kier alpha value is -2.32. The summed E-state index contributed by atoms with van der Waals surface area (Å²) in [6, 6.07) is 5.21. The minimum Gasteiger partial charge on any atom is -0.497 e. The van der Waals surface area contributed by atoms with Crippen LogP contribution in [0.2, 0.25) is 0 Å². The summed E-state index contributed by atoms with van der Waals surface area (Å²) in [4.78, 5) is 23.6. The third-order valence-electron chi connectivity index (χ3n) is 3.28. The number of esters is 1. The Bertz CT molecular complexity index is 770. The Kier molecular flexibility index (Phi) is 6.60. The molecule has 1 amide bonds. The molecule has 0 atom stereocenters. The topological polar surface area (TPSA) is 73.9 Å². The van der Waals surface area contributed by atoms with Crippen molar-refractivity contribution in [2.75, 3.05) is 20.8 Å². The monoisotopic (exact) mass is 379 g/mol. The van der Waals surface area contributed by atoms with Gasteiger partial charge in [0, 0.05) is 5.56 Å². The third kappa shape index (κ3) is 5.07. The molecule has 1 aromatic rings. The number of hydrogen-bond donors (Lipinski definition) is 1. The van der Waals surface area contributed by atoms with Crippen LogP contribution < -0.4 is 14.8 Å². The smallest absolute Gasteiger partial charge is 0.343 e. The van der Waals surface area contributed by atoms with Crippen molar-refractivity contribution in [1.82, 2.24) is 5.32 Å². The lowest BCUT2D eigenvalue weighted by atomic mass is 10.1. The Morgan fingerprint density at radius 2 is 2.12 bits per heavy atom. The summed E-state index contributed by atoms with van der Waals surface area (Å²) in [6.45, 7) is 1.62. The van der Waals surface area contributed by atoms with Crippen LogP contribution in [0.1, 0.15) is 12.5 Å². The van der Waals surface area contributed by atoms with Crippen LogP contribution in [0.5, 0.6) is 11.5 Å². The Labute approximate surface area is 155 Å². The van der Waals surface area contributed by atoms with Crippen molar-refractivity contribution in [3.05, 3.63) is 40.3 Å². The fourth-order valence-electron chi connectivity index (χ4n) is 1.97. The highest BCUT2D eigenvalue weighted by Gasteiger charge is 2.23. The minimum atomic E-state index is -0.475. The van der Waals surface area contributed by atoms with E-state index in [2.05, 4.69) is 10.1 Å². The second kappa shape index (κ2) is 8.68. The third-order valence-corrected chi connectivity index (χ3v) is 4.63. The molecule has 25 heavy (non-hydrogen) atoms. The maximum absolute atomic E-state index is 11.8. The molecule has 1 aliphatic heterocycles. The maximum atomic E-state index is 11.8. The Balaban J connectivity index is 2.27. The largest absolute Gasteiger partial charge is 0.497 e. The fraction of sp³-hybridized carbons (Fsp3) is 0.235. The van der Waals surface area contributed by atoms with Crippen molar-refractivity contribution in [3.63, 3.8) is 0 Å². The fourth-order valence-corrected chi connectivity index (χ4v) is 3.02. The first-order valence-electron chi connectivity index (χ1n) is 7.24. The van der Waals surface area contributed by atoms with Gasteiger partial charge in [0.05, 0.1) is 19.1 Å². The van der Waals surface area contributed by atoms with Crippen LogP contribution in [0.15, 0.2) is 34.8 Å². The van der Waals surface area contributed by atoms with E-state index in [1.807, 2.05) is 6.92 Å². The Morgan fingerprint density at radius 1 is 1.36 bits per heavy atom. The highest BCUT2D eigenvalue weighted by atomic mass is 32.2. The molecule has 0 aromatic heterocycles. The molecule has 0 saturated carbocycles. The number of thioether (sulfide) groups is 1. The second-order valence-corrected chi connectivity index (χ2v) is 6.64. The van der Waals surface area contributed by atoms with Crippen LogP contribution in [-0.4, -0.2) is 37.0 Å². The molecule has 1 aliphatic rings. The van der Waals surface area contributed by atoms with Gasteiger partial charge in [0.1, 0.15) is 15.8 Å². The van der Waals surface area contributed by atoms with Gasteiger partial charge in [-0.25, -0.2) is 4.79 Å². The average Bonchev–Trinajstić information content (AvgIpc) is 2.96. The maximum Gasteiger partial charge on any atom is 0.343 e. The summed E-state index contributed by atoms with van der Waals surface area (Å²) in [6.07, 6.45) is 3.57. The standard InChI is InChI=1S/C17H17NO5S2/c1-10(15-16(20)18-17(24)25-15)4-5-11-8-12(21-2)6-7-13(11)23-9-14(19)22-3/h4-8H,9H2,1-3H3,(H,18,20,24)/b5-4+,15-10+. The molecule has 0 radical (unpaired) electrons. The Morgan fingerprint density at radius 3 is 2.72 bits per heavy atom. The van der Waals surface area contributed by atoms with Gasteiger partial charge in [-0.1, -0.05) is 36.1 Å². The average molecular weight is 379 g/mol. The zero-order valence-electron chi connectivity index (χ0n) is 14.0. The summed E-state index contributed by atoms with van der Waals surface area (Å²) in [5, 5.41) is 2.58. The number of amides is 1. The van der Waals surface area contributed by atoms with Gasteiger partial charge in [0.15, 0.2) is 6.61 Å². The van der Waals surface area contributed by atoms with E-state index in [0.29, 0.717) is 26.3 Å². The number of rotatable bonds is 6. The van der Waals surface area contributed by atoms with Crippen molar-refractivity contribution in [3.8, 4) is 11.5 Å². The number of ether oxygens (including phenoxy) is 3. The van der Waals surface area contributed by atoms with Gasteiger partial charge < -0.3 is 19.5 Å². The molecule has 0 unspecified atom stereocenters. The number of benzene rings is 1.